The van der Waals surface area contributed by atoms with Gasteiger partial charge in [-0.1, -0.05) is 24.3 Å². The van der Waals surface area contributed by atoms with Gasteiger partial charge in [-0.15, -0.1) is 0 Å². The quantitative estimate of drug-likeness (QED) is 0.917. The lowest BCUT2D eigenvalue weighted by atomic mass is 10.2. The average molecular weight is 293 g/mol. The van der Waals surface area contributed by atoms with Gasteiger partial charge in [0.2, 0.25) is 0 Å². The molecule has 4 nitrogen and oxygen atoms in total. The summed E-state index contributed by atoms with van der Waals surface area (Å²) in [5, 5.41) is 2.60. The van der Waals surface area contributed by atoms with Crippen molar-refractivity contribution >= 4 is 11.6 Å². The van der Waals surface area contributed by atoms with Gasteiger partial charge < -0.3 is 14.8 Å². The van der Waals surface area contributed by atoms with Gasteiger partial charge in [0.25, 0.3) is 5.91 Å². The highest BCUT2D eigenvalue weighted by Gasteiger charge is 2.16. The number of anilines is 1. The zero-order chi connectivity index (χ0) is 15.2. The van der Waals surface area contributed by atoms with Crippen LogP contribution >= 0.6 is 0 Å². The number of rotatable bonds is 5. The van der Waals surface area contributed by atoms with E-state index in [4.69, 9.17) is 4.74 Å². The predicted molar refractivity (Wildman–Crippen MR) is 74.0 cm³/mol. The number of benzene rings is 2. The summed E-state index contributed by atoms with van der Waals surface area (Å²) in [5.74, 6) is -0.270. The van der Waals surface area contributed by atoms with E-state index in [-0.39, 0.29) is 11.3 Å². The van der Waals surface area contributed by atoms with Crippen LogP contribution in [0.15, 0.2) is 48.5 Å². The number of alkyl halides is 2. The maximum Gasteiger partial charge on any atom is 0.387 e. The van der Waals surface area contributed by atoms with E-state index in [1.54, 1.807) is 30.3 Å². The van der Waals surface area contributed by atoms with E-state index in [2.05, 4.69) is 10.1 Å². The molecule has 0 aliphatic heterocycles. The molecule has 0 saturated carbocycles. The molecular formula is C15H13F2NO3. The van der Waals surface area contributed by atoms with Gasteiger partial charge in [-0.05, 0) is 24.3 Å². The SMILES string of the molecule is COc1ccccc1NC(=O)c1ccccc1OC(F)F. The van der Waals surface area contributed by atoms with Crippen molar-refractivity contribution < 1.29 is 23.0 Å². The Morgan fingerprint density at radius 3 is 2.33 bits per heavy atom. The number of hydrogen-bond donors (Lipinski definition) is 1. The number of para-hydroxylation sites is 3. The number of ether oxygens (including phenoxy) is 2. The normalized spacial score (nSPS) is 10.3. The molecule has 6 heteroatoms. The Morgan fingerprint density at radius 1 is 1.05 bits per heavy atom. The first-order chi connectivity index (χ1) is 10.1. The summed E-state index contributed by atoms with van der Waals surface area (Å²) < 4.78 is 34.1. The second kappa shape index (κ2) is 6.69. The molecule has 0 aromatic heterocycles. The van der Waals surface area contributed by atoms with Crippen molar-refractivity contribution in [3.05, 3.63) is 54.1 Å². The van der Waals surface area contributed by atoms with Gasteiger partial charge in [0.15, 0.2) is 0 Å². The molecule has 1 N–H and O–H groups in total. The molecule has 2 rings (SSSR count). The lowest BCUT2D eigenvalue weighted by Gasteiger charge is -2.12. The first kappa shape index (κ1) is 14.8. The number of amides is 1. The van der Waals surface area contributed by atoms with Gasteiger partial charge in [0, 0.05) is 0 Å². The Labute approximate surface area is 120 Å². The average Bonchev–Trinajstić information content (AvgIpc) is 2.47. The van der Waals surface area contributed by atoms with Crippen molar-refractivity contribution in [1.29, 1.82) is 0 Å². The number of carbonyl (C=O) groups excluding carboxylic acids is 1. The number of nitrogens with one attached hydrogen (secondary N) is 1. The zero-order valence-corrected chi connectivity index (χ0v) is 11.2. The summed E-state index contributed by atoms with van der Waals surface area (Å²) in [4.78, 5) is 12.2. The lowest BCUT2D eigenvalue weighted by Crippen LogP contribution is -2.15. The third-order valence-electron chi connectivity index (χ3n) is 2.70. The van der Waals surface area contributed by atoms with E-state index in [9.17, 15) is 13.6 Å². The number of hydrogen-bond acceptors (Lipinski definition) is 3. The molecule has 0 bridgehead atoms. The van der Waals surface area contributed by atoms with E-state index < -0.39 is 12.5 Å². The topological polar surface area (TPSA) is 47.6 Å². The van der Waals surface area contributed by atoms with Crippen molar-refractivity contribution in [2.75, 3.05) is 12.4 Å². The van der Waals surface area contributed by atoms with E-state index in [0.29, 0.717) is 11.4 Å². The molecule has 0 unspecified atom stereocenters. The monoisotopic (exact) mass is 293 g/mol. The standard InChI is InChI=1S/C15H13F2NO3/c1-20-13-9-5-3-7-11(13)18-14(19)10-6-2-4-8-12(10)21-15(16)17/h2-9,15H,1H3,(H,18,19). The van der Waals surface area contributed by atoms with E-state index in [0.717, 1.165) is 0 Å². The summed E-state index contributed by atoms with van der Waals surface area (Å²) >= 11 is 0. The van der Waals surface area contributed by atoms with E-state index in [1.165, 1.54) is 25.3 Å². The highest BCUT2D eigenvalue weighted by molar-refractivity contribution is 6.06. The Hall–Kier alpha value is -2.63. The minimum absolute atomic E-state index is 0.0173. The van der Waals surface area contributed by atoms with Crippen LogP contribution in [0, 0.1) is 0 Å². The summed E-state index contributed by atoms with van der Waals surface area (Å²) in [5.41, 5.74) is 0.459. The molecule has 0 aliphatic rings. The molecule has 0 radical (unpaired) electrons. The maximum atomic E-state index is 12.3. The van der Waals surface area contributed by atoms with Gasteiger partial charge in [0.05, 0.1) is 18.4 Å². The molecule has 110 valence electrons. The first-order valence-corrected chi connectivity index (χ1v) is 6.10. The summed E-state index contributed by atoms with van der Waals surface area (Å²) in [6.07, 6.45) is 0. The van der Waals surface area contributed by atoms with E-state index >= 15 is 0 Å². The lowest BCUT2D eigenvalue weighted by molar-refractivity contribution is -0.0501. The van der Waals surface area contributed by atoms with Crippen LogP contribution in [0.1, 0.15) is 10.4 Å². The molecule has 2 aromatic carbocycles. The second-order valence-electron chi connectivity index (χ2n) is 4.03. The van der Waals surface area contributed by atoms with Crippen LogP contribution in [-0.4, -0.2) is 19.6 Å². The van der Waals surface area contributed by atoms with Crippen LogP contribution in [0.25, 0.3) is 0 Å². The Balaban J connectivity index is 2.24. The molecule has 0 atom stereocenters. The molecule has 0 heterocycles. The molecule has 1 amide bonds. The van der Waals surface area contributed by atoms with Crippen molar-refractivity contribution in [2.24, 2.45) is 0 Å². The molecule has 0 spiro atoms. The molecule has 0 fully saturated rings. The fourth-order valence-electron chi connectivity index (χ4n) is 1.79. The van der Waals surface area contributed by atoms with Crippen LogP contribution in [0.2, 0.25) is 0 Å². The predicted octanol–water partition coefficient (Wildman–Crippen LogP) is 3.55. The van der Waals surface area contributed by atoms with Crippen LogP contribution in [0.5, 0.6) is 11.5 Å². The fraction of sp³-hybridized carbons (Fsp3) is 0.133. The highest BCUT2D eigenvalue weighted by Crippen LogP contribution is 2.26. The molecule has 2 aromatic rings. The second-order valence-corrected chi connectivity index (χ2v) is 4.03. The third kappa shape index (κ3) is 3.68. The Kier molecular flexibility index (Phi) is 4.71. The third-order valence-corrected chi connectivity index (χ3v) is 2.70. The zero-order valence-electron chi connectivity index (χ0n) is 11.2. The van der Waals surface area contributed by atoms with Crippen molar-refractivity contribution in [3.8, 4) is 11.5 Å². The largest absolute Gasteiger partial charge is 0.495 e. The van der Waals surface area contributed by atoms with Gasteiger partial charge in [-0.2, -0.15) is 8.78 Å². The number of carbonyl (C=O) groups is 1. The maximum absolute atomic E-state index is 12.3. The Bertz CT molecular complexity index is 632. The van der Waals surface area contributed by atoms with Gasteiger partial charge >= 0.3 is 6.61 Å². The highest BCUT2D eigenvalue weighted by atomic mass is 19.3. The fourth-order valence-corrected chi connectivity index (χ4v) is 1.79. The number of methoxy groups -OCH3 is 1. The minimum atomic E-state index is -3.00. The van der Waals surface area contributed by atoms with Crippen LogP contribution < -0.4 is 14.8 Å². The smallest absolute Gasteiger partial charge is 0.387 e. The minimum Gasteiger partial charge on any atom is -0.495 e. The van der Waals surface area contributed by atoms with E-state index in [1.807, 2.05) is 0 Å². The summed E-state index contributed by atoms with van der Waals surface area (Å²) in [7, 11) is 1.47. The number of halogens is 2. The van der Waals surface area contributed by atoms with Gasteiger partial charge in [0.1, 0.15) is 11.5 Å². The van der Waals surface area contributed by atoms with Crippen LogP contribution in [-0.2, 0) is 0 Å². The van der Waals surface area contributed by atoms with Crippen LogP contribution in [0.4, 0.5) is 14.5 Å². The van der Waals surface area contributed by atoms with Crippen LogP contribution in [0.3, 0.4) is 0 Å². The molecule has 21 heavy (non-hydrogen) atoms. The summed E-state index contributed by atoms with van der Waals surface area (Å²) in [6.45, 7) is -3.00. The molecular weight excluding hydrogens is 280 g/mol. The molecule has 0 aliphatic carbocycles. The van der Waals surface area contributed by atoms with Crippen molar-refractivity contribution in [2.45, 2.75) is 6.61 Å². The Morgan fingerprint density at radius 2 is 1.67 bits per heavy atom. The van der Waals surface area contributed by atoms with Crippen molar-refractivity contribution in [3.63, 3.8) is 0 Å². The van der Waals surface area contributed by atoms with Crippen molar-refractivity contribution in [1.82, 2.24) is 0 Å². The summed E-state index contributed by atoms with van der Waals surface area (Å²) in [6, 6.07) is 12.6. The first-order valence-electron chi connectivity index (χ1n) is 6.10. The van der Waals surface area contributed by atoms with Gasteiger partial charge in [-0.3, -0.25) is 4.79 Å². The van der Waals surface area contributed by atoms with Gasteiger partial charge in [-0.25, -0.2) is 0 Å². The molecule has 0 saturated heterocycles.